The monoisotopic (exact) mass is 251 g/mol. The molecule has 0 aliphatic carbocycles. The number of hydrogen-bond acceptors (Lipinski definition) is 5. The summed E-state index contributed by atoms with van der Waals surface area (Å²) in [5.41, 5.74) is 3.73. The molecule has 0 aliphatic heterocycles. The summed E-state index contributed by atoms with van der Waals surface area (Å²) in [5.74, 6) is 0.0496. The Hall–Kier alpha value is -1.66. The van der Waals surface area contributed by atoms with E-state index in [-0.39, 0.29) is 5.88 Å². The Morgan fingerprint density at radius 2 is 2.12 bits per heavy atom. The molecule has 0 fully saturated rings. The number of aromatic hydroxyl groups is 1. The average molecular weight is 251 g/mol. The Kier molecular flexibility index (Phi) is 3.33. The van der Waals surface area contributed by atoms with E-state index < -0.39 is 0 Å². The third kappa shape index (κ3) is 2.68. The van der Waals surface area contributed by atoms with Crippen LogP contribution in [-0.4, -0.2) is 16.3 Å². The molecule has 0 aliphatic rings. The first-order valence-corrected chi connectivity index (χ1v) is 5.74. The molecule has 1 aromatic carbocycles. The lowest BCUT2D eigenvalue weighted by atomic mass is 10.3. The molecule has 2 rings (SSSR count). The summed E-state index contributed by atoms with van der Waals surface area (Å²) >= 11 is 6.15. The molecule has 82 valence electrons. The van der Waals surface area contributed by atoms with Crippen LogP contribution in [0.1, 0.15) is 4.88 Å². The van der Waals surface area contributed by atoms with Gasteiger partial charge >= 0.3 is 0 Å². The number of aromatic nitrogens is 1. The van der Waals surface area contributed by atoms with Gasteiger partial charge in [0.2, 0.25) is 5.88 Å². The number of para-hydroxylation sites is 1. The number of aromatic amines is 1. The lowest BCUT2D eigenvalue weighted by molar-refractivity contribution is 0.456. The first kappa shape index (κ1) is 10.8. The van der Waals surface area contributed by atoms with E-state index in [4.69, 9.17) is 12.2 Å². The zero-order valence-electron chi connectivity index (χ0n) is 8.18. The molecule has 2 aromatic rings. The van der Waals surface area contributed by atoms with E-state index in [0.717, 1.165) is 5.69 Å². The number of nitrogens with zero attached hydrogens (tertiary/aromatic N) is 1. The summed E-state index contributed by atoms with van der Waals surface area (Å²) in [4.78, 5) is 3.23. The van der Waals surface area contributed by atoms with Crippen molar-refractivity contribution < 1.29 is 5.11 Å². The van der Waals surface area contributed by atoms with Crippen molar-refractivity contribution in [3.8, 4) is 5.88 Å². The van der Waals surface area contributed by atoms with Gasteiger partial charge in [0.05, 0.1) is 11.9 Å². The zero-order chi connectivity index (χ0) is 11.4. The van der Waals surface area contributed by atoms with E-state index in [9.17, 15) is 5.11 Å². The molecular weight excluding hydrogens is 242 g/mol. The Balaban J connectivity index is 2.06. The lowest BCUT2D eigenvalue weighted by Gasteiger charge is -1.97. The molecule has 1 heterocycles. The summed E-state index contributed by atoms with van der Waals surface area (Å²) in [6.07, 6.45) is 1.53. The number of nitrogens with one attached hydrogen (secondary N) is 2. The highest BCUT2D eigenvalue weighted by Crippen LogP contribution is 2.18. The van der Waals surface area contributed by atoms with Gasteiger partial charge in [-0.15, -0.1) is 0 Å². The van der Waals surface area contributed by atoms with Crippen molar-refractivity contribution in [2.45, 2.75) is 0 Å². The van der Waals surface area contributed by atoms with Crippen molar-refractivity contribution in [3.05, 3.63) is 39.2 Å². The molecule has 6 heteroatoms. The summed E-state index contributed by atoms with van der Waals surface area (Å²) in [6.45, 7) is 0. The van der Waals surface area contributed by atoms with E-state index in [1.807, 2.05) is 30.3 Å². The van der Waals surface area contributed by atoms with Gasteiger partial charge in [-0.05, 0) is 24.4 Å². The third-order valence-corrected chi connectivity index (χ3v) is 2.96. The van der Waals surface area contributed by atoms with E-state index in [1.165, 1.54) is 17.6 Å². The molecule has 0 radical (unpaired) electrons. The van der Waals surface area contributed by atoms with Crippen molar-refractivity contribution in [1.29, 1.82) is 0 Å². The maximum Gasteiger partial charge on any atom is 0.209 e. The molecule has 0 amide bonds. The fourth-order valence-electron chi connectivity index (χ4n) is 1.10. The standard InChI is InChI=1S/C10H9N3OS2/c14-9-8(16-10(15)12-9)6-11-13-7-4-2-1-3-5-7/h1-6,13-14H,(H,12,15)/b11-6+. The second-order valence-corrected chi connectivity index (χ2v) is 4.68. The topological polar surface area (TPSA) is 60.4 Å². The Morgan fingerprint density at radius 3 is 2.75 bits per heavy atom. The van der Waals surface area contributed by atoms with Crippen LogP contribution < -0.4 is 5.43 Å². The molecule has 0 unspecified atom stereocenters. The van der Waals surface area contributed by atoms with Gasteiger partial charge < -0.3 is 10.1 Å². The first-order valence-electron chi connectivity index (χ1n) is 4.52. The minimum absolute atomic E-state index is 0.0496. The summed E-state index contributed by atoms with van der Waals surface area (Å²) in [6, 6.07) is 9.55. The van der Waals surface area contributed by atoms with Crippen molar-refractivity contribution in [1.82, 2.24) is 4.98 Å². The van der Waals surface area contributed by atoms with Crippen LogP contribution in [0.5, 0.6) is 5.88 Å². The van der Waals surface area contributed by atoms with E-state index in [2.05, 4.69) is 15.5 Å². The van der Waals surface area contributed by atoms with E-state index in [0.29, 0.717) is 8.83 Å². The second kappa shape index (κ2) is 4.91. The van der Waals surface area contributed by atoms with E-state index >= 15 is 0 Å². The Labute approximate surface area is 101 Å². The van der Waals surface area contributed by atoms with E-state index in [1.54, 1.807) is 0 Å². The van der Waals surface area contributed by atoms with Crippen LogP contribution in [0.2, 0.25) is 0 Å². The average Bonchev–Trinajstić information content (AvgIpc) is 2.59. The largest absolute Gasteiger partial charge is 0.494 e. The Bertz CT molecular complexity index is 545. The van der Waals surface area contributed by atoms with Crippen LogP contribution in [0.4, 0.5) is 5.69 Å². The van der Waals surface area contributed by atoms with Crippen LogP contribution in [0, 0.1) is 3.95 Å². The number of thiazole rings is 1. The number of benzene rings is 1. The van der Waals surface area contributed by atoms with Gasteiger partial charge in [-0.2, -0.15) is 5.10 Å². The minimum Gasteiger partial charge on any atom is -0.494 e. The Morgan fingerprint density at radius 1 is 1.38 bits per heavy atom. The highest BCUT2D eigenvalue weighted by Gasteiger charge is 2.00. The molecule has 0 saturated heterocycles. The maximum absolute atomic E-state index is 9.40. The molecule has 0 spiro atoms. The summed E-state index contributed by atoms with van der Waals surface area (Å²) in [7, 11) is 0. The highest BCUT2D eigenvalue weighted by molar-refractivity contribution is 7.73. The number of hydrazone groups is 1. The van der Waals surface area contributed by atoms with Gasteiger partial charge in [0.1, 0.15) is 4.88 Å². The molecule has 0 atom stereocenters. The molecule has 0 saturated carbocycles. The van der Waals surface area contributed by atoms with Crippen LogP contribution in [0.25, 0.3) is 0 Å². The number of rotatable bonds is 3. The van der Waals surface area contributed by atoms with Crippen LogP contribution in [0.3, 0.4) is 0 Å². The molecule has 0 bridgehead atoms. The minimum atomic E-state index is 0.0496. The molecule has 1 aromatic heterocycles. The van der Waals surface area contributed by atoms with Crippen molar-refractivity contribution >= 4 is 35.5 Å². The normalized spacial score (nSPS) is 10.8. The fraction of sp³-hybridized carbons (Fsp3) is 0. The predicted octanol–water partition coefficient (Wildman–Crippen LogP) is 2.96. The van der Waals surface area contributed by atoms with Crippen LogP contribution in [-0.2, 0) is 0 Å². The van der Waals surface area contributed by atoms with Gasteiger partial charge in [0.15, 0.2) is 3.95 Å². The molecular formula is C10H9N3OS2. The molecule has 3 N–H and O–H groups in total. The highest BCUT2D eigenvalue weighted by atomic mass is 32.1. The van der Waals surface area contributed by atoms with Crippen LogP contribution in [0.15, 0.2) is 35.4 Å². The number of H-pyrrole nitrogens is 1. The number of anilines is 1. The maximum atomic E-state index is 9.40. The van der Waals surface area contributed by atoms with Gasteiger partial charge in [-0.1, -0.05) is 29.5 Å². The van der Waals surface area contributed by atoms with Crippen molar-refractivity contribution in [3.63, 3.8) is 0 Å². The van der Waals surface area contributed by atoms with Gasteiger partial charge in [0.25, 0.3) is 0 Å². The molecule has 4 nitrogen and oxygen atoms in total. The van der Waals surface area contributed by atoms with Crippen LogP contribution >= 0.6 is 23.6 Å². The summed E-state index contributed by atoms with van der Waals surface area (Å²) in [5, 5.41) is 13.4. The second-order valence-electron chi connectivity index (χ2n) is 2.96. The predicted molar refractivity (Wildman–Crippen MR) is 68.8 cm³/mol. The fourth-order valence-corrected chi connectivity index (χ4v) is 2.06. The van der Waals surface area contributed by atoms with Gasteiger partial charge in [-0.25, -0.2) is 0 Å². The first-order chi connectivity index (χ1) is 7.75. The van der Waals surface area contributed by atoms with Crippen molar-refractivity contribution in [2.24, 2.45) is 5.10 Å². The summed E-state index contributed by atoms with van der Waals surface area (Å²) < 4.78 is 0.527. The molecule has 16 heavy (non-hydrogen) atoms. The SMILES string of the molecule is Oc1[nH]c(=S)sc1/C=N/Nc1ccccc1. The van der Waals surface area contributed by atoms with Gasteiger partial charge in [0, 0.05) is 0 Å². The van der Waals surface area contributed by atoms with Gasteiger partial charge in [-0.3, -0.25) is 5.43 Å². The van der Waals surface area contributed by atoms with Crippen molar-refractivity contribution in [2.75, 3.05) is 5.43 Å². The zero-order valence-corrected chi connectivity index (χ0v) is 9.81. The lowest BCUT2D eigenvalue weighted by Crippen LogP contribution is -1.88. The number of hydrogen-bond donors (Lipinski definition) is 3. The third-order valence-electron chi connectivity index (χ3n) is 1.81. The quantitative estimate of drug-likeness (QED) is 0.446. The smallest absolute Gasteiger partial charge is 0.209 e.